The predicted octanol–water partition coefficient (Wildman–Crippen LogP) is 6.90. The Balaban J connectivity index is 1.43. The number of amides is 3. The van der Waals surface area contributed by atoms with Crippen molar-refractivity contribution in [2.45, 2.75) is 11.8 Å². The number of benzene rings is 3. The third kappa shape index (κ3) is 8.43. The fourth-order valence-electron chi connectivity index (χ4n) is 3.27. The van der Waals surface area contributed by atoms with Crippen molar-refractivity contribution in [3.8, 4) is 0 Å². The van der Waals surface area contributed by atoms with Gasteiger partial charge in [-0.05, 0) is 67.1 Å². The highest BCUT2D eigenvalue weighted by Gasteiger charge is 2.16. The van der Waals surface area contributed by atoms with Crippen LogP contribution in [0.2, 0.25) is 10.0 Å². The molecule has 7 nitrogen and oxygen atoms in total. The SMILES string of the molecule is Cc1csc(NC(=O)CSc2ccc(NC(=O)/C(=C/c3ccc(Cl)cc3Cl)NC(=O)c3ccccc3)cc2)n1. The second-order valence-electron chi connectivity index (χ2n) is 8.15. The van der Waals surface area contributed by atoms with Crippen LogP contribution in [0.1, 0.15) is 21.6 Å². The van der Waals surface area contributed by atoms with Gasteiger partial charge in [-0.2, -0.15) is 0 Å². The normalized spacial score (nSPS) is 11.1. The predicted molar refractivity (Wildman–Crippen MR) is 160 cm³/mol. The summed E-state index contributed by atoms with van der Waals surface area (Å²) in [5.74, 6) is -0.926. The quantitative estimate of drug-likeness (QED) is 0.144. The number of anilines is 2. The Kier molecular flexibility index (Phi) is 9.78. The summed E-state index contributed by atoms with van der Waals surface area (Å²) in [4.78, 5) is 43.3. The largest absolute Gasteiger partial charge is 0.321 e. The topological polar surface area (TPSA) is 100 Å². The summed E-state index contributed by atoms with van der Waals surface area (Å²) in [7, 11) is 0. The number of carbonyl (C=O) groups excluding carboxylic acids is 3. The molecule has 1 heterocycles. The lowest BCUT2D eigenvalue weighted by Crippen LogP contribution is -2.30. The van der Waals surface area contributed by atoms with Gasteiger partial charge < -0.3 is 16.0 Å². The molecule has 4 rings (SSSR count). The van der Waals surface area contributed by atoms with Crippen molar-refractivity contribution in [1.82, 2.24) is 10.3 Å². The Labute approximate surface area is 243 Å². The van der Waals surface area contributed by atoms with E-state index < -0.39 is 11.8 Å². The van der Waals surface area contributed by atoms with Crippen LogP contribution in [0.4, 0.5) is 10.8 Å². The molecular weight excluding hydrogens is 575 g/mol. The molecule has 0 aliphatic rings. The fraction of sp³-hybridized carbons (Fsp3) is 0.0714. The van der Waals surface area contributed by atoms with E-state index in [1.165, 1.54) is 29.2 Å². The molecule has 3 N–H and O–H groups in total. The summed E-state index contributed by atoms with van der Waals surface area (Å²) >= 11 is 15.0. The monoisotopic (exact) mass is 596 g/mol. The van der Waals surface area contributed by atoms with Crippen molar-refractivity contribution in [2.75, 3.05) is 16.4 Å². The third-order valence-electron chi connectivity index (χ3n) is 5.14. The minimum Gasteiger partial charge on any atom is -0.321 e. The van der Waals surface area contributed by atoms with Gasteiger partial charge in [0.15, 0.2) is 5.13 Å². The van der Waals surface area contributed by atoms with Crippen LogP contribution in [0.5, 0.6) is 0 Å². The van der Waals surface area contributed by atoms with Gasteiger partial charge in [0.05, 0.1) is 11.4 Å². The van der Waals surface area contributed by atoms with Gasteiger partial charge in [-0.1, -0.05) is 47.5 Å². The number of halogens is 2. The summed E-state index contributed by atoms with van der Waals surface area (Å²) in [6, 6.07) is 20.4. The molecule has 3 amide bonds. The second-order valence-corrected chi connectivity index (χ2v) is 10.9. The van der Waals surface area contributed by atoms with Crippen molar-refractivity contribution >= 4 is 80.9 Å². The molecule has 4 aromatic rings. The van der Waals surface area contributed by atoms with E-state index in [0.717, 1.165) is 10.6 Å². The van der Waals surface area contributed by atoms with Crippen molar-refractivity contribution in [2.24, 2.45) is 0 Å². The van der Waals surface area contributed by atoms with Crippen LogP contribution >= 0.6 is 46.3 Å². The van der Waals surface area contributed by atoms with Crippen LogP contribution in [0.3, 0.4) is 0 Å². The Morgan fingerprint density at radius 2 is 1.72 bits per heavy atom. The number of aromatic nitrogens is 1. The average molecular weight is 598 g/mol. The molecule has 0 radical (unpaired) electrons. The van der Waals surface area contributed by atoms with Gasteiger partial charge in [-0.3, -0.25) is 14.4 Å². The van der Waals surface area contributed by atoms with Crippen molar-refractivity contribution in [3.63, 3.8) is 0 Å². The number of thiazole rings is 1. The van der Waals surface area contributed by atoms with Crippen molar-refractivity contribution < 1.29 is 14.4 Å². The van der Waals surface area contributed by atoms with Gasteiger partial charge in [0, 0.05) is 31.6 Å². The van der Waals surface area contributed by atoms with Crippen LogP contribution in [-0.2, 0) is 9.59 Å². The number of hydrogen-bond acceptors (Lipinski definition) is 6. The number of aryl methyl sites for hydroxylation is 1. The molecule has 0 atom stereocenters. The maximum atomic E-state index is 13.2. The lowest BCUT2D eigenvalue weighted by molar-refractivity contribution is -0.114. The molecule has 0 bridgehead atoms. The average Bonchev–Trinajstić information content (AvgIpc) is 3.33. The number of carbonyl (C=O) groups is 3. The fourth-order valence-corrected chi connectivity index (χ4v) is 5.13. The minimum absolute atomic E-state index is 0.000575. The van der Waals surface area contributed by atoms with E-state index in [1.807, 2.05) is 12.3 Å². The molecule has 3 aromatic carbocycles. The molecule has 0 aliphatic heterocycles. The molecule has 0 saturated heterocycles. The van der Waals surface area contributed by atoms with E-state index in [-0.39, 0.29) is 17.4 Å². The second kappa shape index (κ2) is 13.4. The number of rotatable bonds is 9. The van der Waals surface area contributed by atoms with E-state index in [1.54, 1.807) is 72.8 Å². The summed E-state index contributed by atoms with van der Waals surface area (Å²) in [5.41, 5.74) is 2.27. The van der Waals surface area contributed by atoms with E-state index >= 15 is 0 Å². The summed E-state index contributed by atoms with van der Waals surface area (Å²) < 4.78 is 0. The zero-order valence-corrected chi connectivity index (χ0v) is 23.7. The molecule has 0 spiro atoms. The van der Waals surface area contributed by atoms with Gasteiger partial charge in [0.25, 0.3) is 11.8 Å². The first-order valence-corrected chi connectivity index (χ1v) is 14.2. The first kappa shape index (κ1) is 28.4. The van der Waals surface area contributed by atoms with Crippen molar-refractivity contribution in [3.05, 3.63) is 111 Å². The Morgan fingerprint density at radius 1 is 0.974 bits per heavy atom. The minimum atomic E-state index is -0.538. The van der Waals surface area contributed by atoms with Gasteiger partial charge in [-0.25, -0.2) is 4.98 Å². The summed E-state index contributed by atoms with van der Waals surface area (Å²) in [6.45, 7) is 1.87. The van der Waals surface area contributed by atoms with Crippen LogP contribution in [0.25, 0.3) is 6.08 Å². The summed E-state index contributed by atoms with van der Waals surface area (Å²) in [6.07, 6.45) is 1.49. The van der Waals surface area contributed by atoms with Gasteiger partial charge in [-0.15, -0.1) is 23.1 Å². The summed E-state index contributed by atoms with van der Waals surface area (Å²) in [5, 5.41) is 11.5. The van der Waals surface area contributed by atoms with Crippen LogP contribution < -0.4 is 16.0 Å². The number of hydrogen-bond donors (Lipinski definition) is 3. The first-order chi connectivity index (χ1) is 18.8. The number of nitrogens with zero attached hydrogens (tertiary/aromatic N) is 1. The van der Waals surface area contributed by atoms with Gasteiger partial charge in [0.2, 0.25) is 5.91 Å². The first-order valence-electron chi connectivity index (χ1n) is 11.6. The Hall–Kier alpha value is -3.63. The maximum Gasteiger partial charge on any atom is 0.272 e. The zero-order valence-electron chi connectivity index (χ0n) is 20.5. The van der Waals surface area contributed by atoms with E-state index in [2.05, 4.69) is 20.9 Å². The molecule has 0 fully saturated rings. The molecule has 0 unspecified atom stereocenters. The number of nitrogens with one attached hydrogen (secondary N) is 3. The van der Waals surface area contributed by atoms with Crippen molar-refractivity contribution in [1.29, 1.82) is 0 Å². The van der Waals surface area contributed by atoms with E-state index in [4.69, 9.17) is 23.2 Å². The zero-order chi connectivity index (χ0) is 27.8. The lowest BCUT2D eigenvalue weighted by atomic mass is 10.1. The smallest absolute Gasteiger partial charge is 0.272 e. The highest BCUT2D eigenvalue weighted by Crippen LogP contribution is 2.24. The Bertz CT molecular complexity index is 1520. The van der Waals surface area contributed by atoms with E-state index in [0.29, 0.717) is 32.0 Å². The standard InChI is InChI=1S/C28H22Cl2N4O3S2/c1-17-15-39-28(31-17)34-25(35)16-38-22-11-9-21(10-12-22)32-27(37)24(13-19-7-8-20(29)14-23(19)30)33-26(36)18-5-3-2-4-6-18/h2-15H,16H2,1H3,(H,32,37)(H,33,36)(H,31,34,35)/b24-13-. The maximum absolute atomic E-state index is 13.2. The Morgan fingerprint density at radius 3 is 2.38 bits per heavy atom. The molecular formula is C28H22Cl2N4O3S2. The van der Waals surface area contributed by atoms with Crippen LogP contribution in [0.15, 0.2) is 88.8 Å². The molecule has 39 heavy (non-hydrogen) atoms. The highest BCUT2D eigenvalue weighted by atomic mass is 35.5. The van der Waals surface area contributed by atoms with Gasteiger partial charge >= 0.3 is 0 Å². The molecule has 0 saturated carbocycles. The molecule has 0 aliphatic carbocycles. The third-order valence-corrected chi connectivity index (χ3v) is 7.59. The molecule has 11 heteroatoms. The number of thioether (sulfide) groups is 1. The van der Waals surface area contributed by atoms with Crippen LogP contribution in [0, 0.1) is 6.92 Å². The highest BCUT2D eigenvalue weighted by molar-refractivity contribution is 8.00. The molecule has 198 valence electrons. The lowest BCUT2D eigenvalue weighted by Gasteiger charge is -2.12. The van der Waals surface area contributed by atoms with Gasteiger partial charge in [0.1, 0.15) is 5.70 Å². The van der Waals surface area contributed by atoms with E-state index in [9.17, 15) is 14.4 Å². The molecule has 1 aromatic heterocycles. The van der Waals surface area contributed by atoms with Crippen LogP contribution in [-0.4, -0.2) is 28.5 Å².